The Morgan fingerprint density at radius 3 is 1.65 bits per heavy atom. The van der Waals surface area contributed by atoms with E-state index in [9.17, 15) is 0 Å². The van der Waals surface area contributed by atoms with Gasteiger partial charge in [0.2, 0.25) is 0 Å². The summed E-state index contributed by atoms with van der Waals surface area (Å²) >= 11 is 3.83. The fourth-order valence-electron chi connectivity index (χ4n) is 4.39. The third-order valence-corrected chi connectivity index (χ3v) is 6.07. The van der Waals surface area contributed by atoms with Crippen molar-refractivity contribution in [1.29, 1.82) is 0 Å². The van der Waals surface area contributed by atoms with Crippen LogP contribution in [0, 0.1) is 6.07 Å². The van der Waals surface area contributed by atoms with Gasteiger partial charge >= 0.3 is 0 Å². The maximum atomic E-state index is 3.83. The van der Waals surface area contributed by atoms with Crippen molar-refractivity contribution in [3.63, 3.8) is 0 Å². The summed E-state index contributed by atoms with van der Waals surface area (Å²) in [5.74, 6) is 0. The Morgan fingerprint density at radius 1 is 0.577 bits per heavy atom. The quantitative estimate of drug-likeness (QED) is 0.315. The number of benzene rings is 4. The molecule has 5 rings (SSSR count). The average molecular weight is 396 g/mol. The molecular formula is C25H16Br. The van der Waals surface area contributed by atoms with E-state index < -0.39 is 0 Å². The van der Waals surface area contributed by atoms with Gasteiger partial charge in [-0.25, -0.2) is 0 Å². The molecule has 0 aromatic heterocycles. The van der Waals surface area contributed by atoms with E-state index in [-0.39, 0.29) is 5.41 Å². The van der Waals surface area contributed by atoms with Gasteiger partial charge in [-0.05, 0) is 45.5 Å². The Kier molecular flexibility index (Phi) is 3.58. The molecule has 0 aliphatic heterocycles. The van der Waals surface area contributed by atoms with Crippen molar-refractivity contribution in [1.82, 2.24) is 0 Å². The molecule has 1 radical (unpaired) electrons. The first kappa shape index (κ1) is 15.6. The second kappa shape index (κ2) is 5.96. The van der Waals surface area contributed by atoms with Crippen LogP contribution in [0.1, 0.15) is 22.3 Å². The predicted molar refractivity (Wildman–Crippen MR) is 110 cm³/mol. The van der Waals surface area contributed by atoms with Crippen molar-refractivity contribution in [3.05, 3.63) is 130 Å². The fraction of sp³-hybridized carbons (Fsp3) is 0.0400. The van der Waals surface area contributed by atoms with E-state index in [0.717, 1.165) is 4.47 Å². The van der Waals surface area contributed by atoms with E-state index in [0.29, 0.717) is 0 Å². The molecule has 0 N–H and O–H groups in total. The lowest BCUT2D eigenvalue weighted by molar-refractivity contribution is 0.763. The summed E-state index contributed by atoms with van der Waals surface area (Å²) in [5.41, 5.74) is 7.49. The number of hydrogen-bond acceptors (Lipinski definition) is 0. The molecule has 26 heavy (non-hydrogen) atoms. The van der Waals surface area contributed by atoms with Crippen molar-refractivity contribution >= 4 is 15.9 Å². The molecular weight excluding hydrogens is 380 g/mol. The minimum Gasteiger partial charge on any atom is -0.0619 e. The first-order valence-electron chi connectivity index (χ1n) is 8.74. The Balaban J connectivity index is 2.00. The lowest BCUT2D eigenvalue weighted by Gasteiger charge is -2.34. The summed E-state index contributed by atoms with van der Waals surface area (Å²) in [6, 6.07) is 37.7. The second-order valence-electron chi connectivity index (χ2n) is 6.61. The Hall–Kier alpha value is -2.64. The highest BCUT2D eigenvalue weighted by Gasteiger charge is 2.46. The molecule has 4 aromatic rings. The highest BCUT2D eigenvalue weighted by atomic mass is 79.9. The molecule has 0 amide bonds. The summed E-state index contributed by atoms with van der Waals surface area (Å²) in [4.78, 5) is 0. The summed E-state index contributed by atoms with van der Waals surface area (Å²) < 4.78 is 1.12. The number of fused-ring (bicyclic) bond motifs is 3. The second-order valence-corrected chi connectivity index (χ2v) is 7.46. The molecule has 0 saturated heterocycles. The van der Waals surface area contributed by atoms with E-state index in [1.165, 1.54) is 33.4 Å². The smallest absolute Gasteiger partial charge is 0.0619 e. The van der Waals surface area contributed by atoms with Gasteiger partial charge in [-0.15, -0.1) is 0 Å². The third-order valence-electron chi connectivity index (χ3n) is 5.38. The minimum absolute atomic E-state index is 0.331. The van der Waals surface area contributed by atoms with Crippen LogP contribution in [0.5, 0.6) is 0 Å². The highest BCUT2D eigenvalue weighted by molar-refractivity contribution is 9.10. The Bertz CT molecular complexity index is 1050. The monoisotopic (exact) mass is 395 g/mol. The molecule has 1 heteroatoms. The van der Waals surface area contributed by atoms with E-state index in [1.807, 2.05) is 12.1 Å². The zero-order valence-electron chi connectivity index (χ0n) is 14.1. The molecule has 1 aliphatic rings. The van der Waals surface area contributed by atoms with E-state index in [4.69, 9.17) is 0 Å². The standard InChI is InChI=1S/C25H16Br/c26-24-17-9-8-16-23(24)25(18-10-2-1-3-11-18)21-14-6-4-12-19(21)20-13-5-7-15-22(20)25/h2-17H. The molecule has 4 aromatic carbocycles. The molecule has 0 saturated carbocycles. The van der Waals surface area contributed by atoms with Gasteiger partial charge < -0.3 is 0 Å². The van der Waals surface area contributed by atoms with Crippen molar-refractivity contribution in [3.8, 4) is 11.1 Å². The first-order chi connectivity index (χ1) is 12.8. The molecule has 0 fully saturated rings. The van der Waals surface area contributed by atoms with Crippen LogP contribution >= 0.6 is 15.9 Å². The van der Waals surface area contributed by atoms with Crippen LogP contribution in [0.2, 0.25) is 0 Å². The van der Waals surface area contributed by atoms with Gasteiger partial charge in [0.25, 0.3) is 0 Å². The molecule has 0 bridgehead atoms. The number of halogens is 1. The number of hydrogen-bond donors (Lipinski definition) is 0. The molecule has 0 spiro atoms. The van der Waals surface area contributed by atoms with Crippen molar-refractivity contribution in [2.75, 3.05) is 0 Å². The largest absolute Gasteiger partial charge is 0.0724 e. The molecule has 0 heterocycles. The van der Waals surface area contributed by atoms with Gasteiger partial charge in [0.05, 0.1) is 5.41 Å². The normalized spacial score (nSPS) is 13.9. The van der Waals surface area contributed by atoms with E-state index >= 15 is 0 Å². The fourth-order valence-corrected chi connectivity index (χ4v) is 4.98. The first-order valence-corrected chi connectivity index (χ1v) is 9.54. The van der Waals surface area contributed by atoms with Crippen LogP contribution in [0.15, 0.2) is 102 Å². The zero-order valence-corrected chi connectivity index (χ0v) is 15.7. The van der Waals surface area contributed by atoms with E-state index in [2.05, 4.69) is 107 Å². The average Bonchev–Trinajstić information content (AvgIpc) is 3.01. The summed E-state index contributed by atoms with van der Waals surface area (Å²) in [5, 5.41) is 0. The van der Waals surface area contributed by atoms with Gasteiger partial charge in [-0.1, -0.05) is 107 Å². The SMILES string of the molecule is Brc1ccccc1C1(c2cc[c]cc2)c2ccccc2-c2ccccc21. The highest BCUT2D eigenvalue weighted by Crippen LogP contribution is 2.56. The molecule has 0 atom stereocenters. The lowest BCUT2D eigenvalue weighted by atomic mass is 9.68. The zero-order chi connectivity index (χ0) is 17.6. The maximum Gasteiger partial charge on any atom is 0.0724 e. The molecule has 0 unspecified atom stereocenters. The van der Waals surface area contributed by atoms with Crippen LogP contribution in [-0.2, 0) is 5.41 Å². The van der Waals surface area contributed by atoms with Gasteiger partial charge in [0.15, 0.2) is 0 Å². The molecule has 123 valence electrons. The van der Waals surface area contributed by atoms with E-state index in [1.54, 1.807) is 0 Å². The number of rotatable bonds is 2. The topological polar surface area (TPSA) is 0 Å². The van der Waals surface area contributed by atoms with Gasteiger partial charge in [-0.3, -0.25) is 0 Å². The van der Waals surface area contributed by atoms with Gasteiger partial charge in [0.1, 0.15) is 0 Å². The van der Waals surface area contributed by atoms with Gasteiger partial charge in [0, 0.05) is 4.47 Å². The van der Waals surface area contributed by atoms with Crippen LogP contribution in [-0.4, -0.2) is 0 Å². The summed E-state index contributed by atoms with van der Waals surface area (Å²) in [7, 11) is 0. The minimum atomic E-state index is -0.331. The Morgan fingerprint density at radius 2 is 1.08 bits per heavy atom. The molecule has 0 nitrogen and oxygen atoms in total. The predicted octanol–water partition coefficient (Wildman–Crippen LogP) is 6.61. The van der Waals surface area contributed by atoms with Crippen molar-refractivity contribution in [2.24, 2.45) is 0 Å². The summed E-state index contributed by atoms with van der Waals surface area (Å²) in [6.07, 6.45) is 0. The summed E-state index contributed by atoms with van der Waals surface area (Å²) in [6.45, 7) is 0. The lowest BCUT2D eigenvalue weighted by Crippen LogP contribution is -2.29. The Labute approximate surface area is 162 Å². The van der Waals surface area contributed by atoms with Crippen LogP contribution in [0.4, 0.5) is 0 Å². The van der Waals surface area contributed by atoms with Crippen LogP contribution in [0.3, 0.4) is 0 Å². The van der Waals surface area contributed by atoms with Crippen LogP contribution < -0.4 is 0 Å². The van der Waals surface area contributed by atoms with Gasteiger partial charge in [-0.2, -0.15) is 0 Å². The third kappa shape index (κ3) is 2.01. The maximum absolute atomic E-state index is 3.83. The van der Waals surface area contributed by atoms with Crippen molar-refractivity contribution < 1.29 is 0 Å². The van der Waals surface area contributed by atoms with Crippen LogP contribution in [0.25, 0.3) is 11.1 Å². The molecule has 1 aliphatic carbocycles. The van der Waals surface area contributed by atoms with Crippen molar-refractivity contribution in [2.45, 2.75) is 5.41 Å².